The molecule has 1 aromatic carbocycles. The summed E-state index contributed by atoms with van der Waals surface area (Å²) < 4.78 is 12.9. The molecule has 0 aliphatic carbocycles. The molecule has 0 atom stereocenters. The molecule has 0 saturated carbocycles. The zero-order valence-corrected chi connectivity index (χ0v) is 9.18. The first-order valence-corrected chi connectivity index (χ1v) is 5.22. The maximum Gasteiger partial charge on any atom is 0.142 e. The smallest absolute Gasteiger partial charge is 0.142 e. The first-order valence-electron chi connectivity index (χ1n) is 3.34. The average Bonchev–Trinajstić information content (AvgIpc) is 2.01. The van der Waals surface area contributed by atoms with Gasteiger partial charge in [-0.1, -0.05) is 39.1 Å². The maximum absolute atomic E-state index is 12.9. The largest absolute Gasteiger partial charge is 0.205 e. The molecule has 0 spiro atoms. The Kier molecular flexibility index (Phi) is 3.81. The summed E-state index contributed by atoms with van der Waals surface area (Å²) in [4.78, 5) is 0. The zero-order chi connectivity index (χ0) is 9.14. The highest BCUT2D eigenvalue weighted by Crippen LogP contribution is 2.24. The average molecular weight is 272 g/mol. The highest BCUT2D eigenvalue weighted by atomic mass is 79.9. The van der Waals surface area contributed by atoms with Crippen molar-refractivity contribution < 1.29 is 4.39 Å². The van der Waals surface area contributed by atoms with Crippen LogP contribution < -0.4 is 0 Å². The van der Waals surface area contributed by atoms with Crippen LogP contribution >= 0.6 is 39.1 Å². The third kappa shape index (κ3) is 2.35. The van der Waals surface area contributed by atoms with E-state index in [9.17, 15) is 4.39 Å². The number of aryl methyl sites for hydroxylation is 1. The van der Waals surface area contributed by atoms with Crippen LogP contribution in [0.3, 0.4) is 0 Å². The van der Waals surface area contributed by atoms with Crippen molar-refractivity contribution in [2.75, 3.05) is 5.33 Å². The Morgan fingerprint density at radius 2 is 1.92 bits per heavy atom. The molecule has 0 aliphatic rings. The topological polar surface area (TPSA) is 0 Å². The lowest BCUT2D eigenvalue weighted by Crippen LogP contribution is -1.89. The van der Waals surface area contributed by atoms with Gasteiger partial charge in [0.25, 0.3) is 0 Å². The van der Waals surface area contributed by atoms with Gasteiger partial charge in [-0.2, -0.15) is 0 Å². The second-order valence-corrected chi connectivity index (χ2v) is 3.90. The highest BCUT2D eigenvalue weighted by Gasteiger charge is 2.05. The number of hydrogen-bond acceptors (Lipinski definition) is 0. The summed E-state index contributed by atoms with van der Waals surface area (Å²) in [5.41, 5.74) is 0.774. The fraction of sp³-hybridized carbons (Fsp3) is 0.250. The van der Waals surface area contributed by atoms with Crippen LogP contribution in [0.4, 0.5) is 4.39 Å². The zero-order valence-electron chi connectivity index (χ0n) is 6.08. The number of hydrogen-bond donors (Lipinski definition) is 0. The van der Waals surface area contributed by atoms with Crippen LogP contribution in [0.5, 0.6) is 0 Å². The van der Waals surface area contributed by atoms with E-state index in [1.807, 2.05) is 0 Å². The molecular weight excluding hydrogens is 266 g/mol. The molecule has 0 fully saturated rings. The van der Waals surface area contributed by atoms with Crippen molar-refractivity contribution in [2.45, 2.75) is 6.42 Å². The van der Waals surface area contributed by atoms with Gasteiger partial charge in [-0.25, -0.2) is 4.39 Å². The number of halogens is 4. The molecule has 0 aliphatic heterocycles. The van der Waals surface area contributed by atoms with Crippen molar-refractivity contribution in [1.29, 1.82) is 0 Å². The van der Waals surface area contributed by atoms with Gasteiger partial charge >= 0.3 is 0 Å². The molecule has 1 aromatic rings. The minimum atomic E-state index is -0.419. The second kappa shape index (κ2) is 4.45. The van der Waals surface area contributed by atoms with Gasteiger partial charge in [-0.3, -0.25) is 0 Å². The minimum absolute atomic E-state index is 0.0679. The summed E-state index contributed by atoms with van der Waals surface area (Å²) in [5.74, 6) is -0.419. The van der Waals surface area contributed by atoms with E-state index in [0.717, 1.165) is 10.9 Å². The second-order valence-electron chi connectivity index (χ2n) is 2.30. The predicted octanol–water partition coefficient (Wildman–Crippen LogP) is 4.07. The molecule has 0 unspecified atom stereocenters. The van der Waals surface area contributed by atoms with E-state index in [-0.39, 0.29) is 5.02 Å². The summed E-state index contributed by atoms with van der Waals surface area (Å²) >= 11 is 14.6. The van der Waals surface area contributed by atoms with Crippen molar-refractivity contribution in [3.8, 4) is 0 Å². The summed E-state index contributed by atoms with van der Waals surface area (Å²) in [5, 5.41) is 1.34. The van der Waals surface area contributed by atoms with Crippen LogP contribution in [0.2, 0.25) is 10.0 Å². The predicted molar refractivity (Wildman–Crippen MR) is 53.9 cm³/mol. The Morgan fingerprint density at radius 3 is 2.50 bits per heavy atom. The molecule has 1 rings (SSSR count). The van der Waals surface area contributed by atoms with Crippen molar-refractivity contribution >= 4 is 39.1 Å². The molecule has 0 nitrogen and oxygen atoms in total. The Morgan fingerprint density at radius 1 is 1.25 bits per heavy atom. The molecule has 0 heterocycles. The lowest BCUT2D eigenvalue weighted by Gasteiger charge is -2.02. The van der Waals surface area contributed by atoms with Crippen molar-refractivity contribution in [1.82, 2.24) is 0 Å². The van der Waals surface area contributed by atoms with Crippen LogP contribution in [0.25, 0.3) is 0 Å². The van der Waals surface area contributed by atoms with Gasteiger partial charge in [0.2, 0.25) is 0 Å². The first kappa shape index (κ1) is 10.3. The molecular formula is C8H6BrCl2F. The van der Waals surface area contributed by atoms with Crippen molar-refractivity contribution in [3.05, 3.63) is 33.6 Å². The summed E-state index contributed by atoms with van der Waals surface area (Å²) in [7, 11) is 0. The summed E-state index contributed by atoms with van der Waals surface area (Å²) in [6.45, 7) is 0. The van der Waals surface area contributed by atoms with Crippen LogP contribution in [0, 0.1) is 5.82 Å². The third-order valence-corrected chi connectivity index (χ3v) is 2.49. The molecule has 0 amide bonds. The van der Waals surface area contributed by atoms with Crippen LogP contribution in [0.15, 0.2) is 12.1 Å². The van der Waals surface area contributed by atoms with Gasteiger partial charge in [-0.05, 0) is 24.1 Å². The molecule has 0 N–H and O–H groups in total. The van der Waals surface area contributed by atoms with Gasteiger partial charge in [0.1, 0.15) is 5.82 Å². The molecule has 4 heteroatoms. The Hall–Kier alpha value is 0.210. The van der Waals surface area contributed by atoms with E-state index in [1.165, 1.54) is 12.1 Å². The molecule has 12 heavy (non-hydrogen) atoms. The molecule has 0 saturated heterocycles. The number of rotatable bonds is 2. The fourth-order valence-corrected chi connectivity index (χ4v) is 1.76. The van der Waals surface area contributed by atoms with Crippen LogP contribution in [-0.4, -0.2) is 5.33 Å². The van der Waals surface area contributed by atoms with Crippen molar-refractivity contribution in [3.63, 3.8) is 0 Å². The van der Waals surface area contributed by atoms with E-state index < -0.39 is 5.82 Å². The van der Waals surface area contributed by atoms with Gasteiger partial charge in [0.05, 0.1) is 5.02 Å². The van der Waals surface area contributed by atoms with E-state index in [4.69, 9.17) is 23.2 Å². The van der Waals surface area contributed by atoms with E-state index >= 15 is 0 Å². The Balaban J connectivity index is 3.05. The summed E-state index contributed by atoms with van der Waals surface area (Å²) in [6.07, 6.45) is 0.701. The normalized spacial score (nSPS) is 10.3. The minimum Gasteiger partial charge on any atom is -0.205 e. The fourth-order valence-electron chi connectivity index (χ4n) is 0.857. The lowest BCUT2D eigenvalue weighted by molar-refractivity contribution is 0.626. The molecule has 66 valence electrons. The van der Waals surface area contributed by atoms with Crippen molar-refractivity contribution in [2.24, 2.45) is 0 Å². The SMILES string of the molecule is Fc1cc(CCBr)c(Cl)cc1Cl. The van der Waals surface area contributed by atoms with Gasteiger partial charge in [0, 0.05) is 10.4 Å². The maximum atomic E-state index is 12.9. The lowest BCUT2D eigenvalue weighted by atomic mass is 10.2. The third-order valence-electron chi connectivity index (χ3n) is 1.45. The quantitative estimate of drug-likeness (QED) is 0.562. The monoisotopic (exact) mass is 270 g/mol. The van der Waals surface area contributed by atoms with E-state index in [1.54, 1.807) is 0 Å². The summed E-state index contributed by atoms with van der Waals surface area (Å²) in [6, 6.07) is 2.79. The van der Waals surface area contributed by atoms with Crippen LogP contribution in [0.1, 0.15) is 5.56 Å². The van der Waals surface area contributed by atoms with Gasteiger partial charge in [0.15, 0.2) is 0 Å². The first-order chi connectivity index (χ1) is 5.65. The van der Waals surface area contributed by atoms with Gasteiger partial charge < -0.3 is 0 Å². The Bertz CT molecular complexity index is 289. The van der Waals surface area contributed by atoms with Gasteiger partial charge in [-0.15, -0.1) is 0 Å². The Labute approximate surface area is 88.8 Å². The van der Waals surface area contributed by atoms with E-state index in [2.05, 4.69) is 15.9 Å². The highest BCUT2D eigenvalue weighted by molar-refractivity contribution is 9.09. The van der Waals surface area contributed by atoms with E-state index in [0.29, 0.717) is 11.4 Å². The standard InChI is InChI=1S/C8H6BrCl2F/c9-2-1-5-3-8(12)7(11)4-6(5)10/h3-4H,1-2H2. The molecule has 0 aromatic heterocycles. The molecule has 0 radical (unpaired) electrons. The number of alkyl halides is 1. The molecule has 0 bridgehead atoms. The van der Waals surface area contributed by atoms with Crippen LogP contribution in [-0.2, 0) is 6.42 Å². The number of benzene rings is 1.